The number of aromatic nitrogens is 3. The summed E-state index contributed by atoms with van der Waals surface area (Å²) in [5.74, 6) is -5.44. The Bertz CT molecular complexity index is 2080. The summed E-state index contributed by atoms with van der Waals surface area (Å²) in [4.78, 5) is 51.7. The Labute approximate surface area is 270 Å². The number of benzene rings is 1. The van der Waals surface area contributed by atoms with Gasteiger partial charge in [0.15, 0.2) is 11.5 Å². The second kappa shape index (κ2) is 11.4. The molecule has 5 heterocycles. The van der Waals surface area contributed by atoms with E-state index >= 15 is 8.78 Å². The van der Waals surface area contributed by atoms with Crippen LogP contribution in [0.1, 0.15) is 37.9 Å². The highest BCUT2D eigenvalue weighted by atomic mass is 19.4. The third-order valence-corrected chi connectivity index (χ3v) is 8.67. The summed E-state index contributed by atoms with van der Waals surface area (Å²) in [6.07, 6.45) is -2.99. The molecule has 10 nitrogen and oxygen atoms in total. The van der Waals surface area contributed by atoms with Gasteiger partial charge in [-0.3, -0.25) is 23.9 Å². The molecule has 48 heavy (non-hydrogen) atoms. The van der Waals surface area contributed by atoms with Crippen molar-refractivity contribution in [2.24, 2.45) is 0 Å². The van der Waals surface area contributed by atoms with Gasteiger partial charge in [0.05, 0.1) is 29.2 Å². The van der Waals surface area contributed by atoms with Crippen molar-refractivity contribution in [3.63, 3.8) is 0 Å². The van der Waals surface area contributed by atoms with Crippen LogP contribution < -0.4 is 15.4 Å². The van der Waals surface area contributed by atoms with Crippen LogP contribution in [-0.4, -0.2) is 67.8 Å². The lowest BCUT2D eigenvalue weighted by molar-refractivity contribution is -0.152. The predicted octanol–water partition coefficient (Wildman–Crippen LogP) is 5.32. The standard InChI is InChI=1S/C33H29F5N6O4/c1-6-23(46)41-14-21-31(47)44(33(36,37)38)29-28(42(21)13-17(41)5)18-12-20(35)26(24-19(34)8-7-9-22(24)45)40-30(18)43(32(29)48)27-16(4)10-11-39-25(27)15(2)3/h6-12,15,17,21,45H,1,13-14H2,2-5H3. The van der Waals surface area contributed by atoms with Crippen LogP contribution in [0, 0.1) is 18.6 Å². The molecule has 4 aromatic rings. The Morgan fingerprint density at radius 3 is 2.42 bits per heavy atom. The Kier molecular flexibility index (Phi) is 7.75. The van der Waals surface area contributed by atoms with Crippen LogP contribution in [0.4, 0.5) is 33.3 Å². The number of fused-ring (bicyclic) bond motifs is 5. The number of aromatic hydroxyl groups is 1. The van der Waals surface area contributed by atoms with Crippen LogP contribution in [0.2, 0.25) is 0 Å². The van der Waals surface area contributed by atoms with Crippen LogP contribution in [0.5, 0.6) is 5.75 Å². The number of amides is 2. The molecular formula is C33H29F5N6O4. The van der Waals surface area contributed by atoms with Crippen molar-refractivity contribution < 1.29 is 36.6 Å². The van der Waals surface area contributed by atoms with E-state index in [0.29, 0.717) is 5.56 Å². The molecule has 6 rings (SSSR count). The van der Waals surface area contributed by atoms with Gasteiger partial charge < -0.3 is 14.9 Å². The van der Waals surface area contributed by atoms with Crippen molar-refractivity contribution in [2.45, 2.75) is 52.0 Å². The molecule has 250 valence electrons. The van der Waals surface area contributed by atoms with Crippen LogP contribution >= 0.6 is 0 Å². The van der Waals surface area contributed by atoms with Crippen molar-refractivity contribution in [1.29, 1.82) is 0 Å². The summed E-state index contributed by atoms with van der Waals surface area (Å²) in [6.45, 7) is 9.41. The predicted molar refractivity (Wildman–Crippen MR) is 167 cm³/mol. The molecule has 0 saturated carbocycles. The Morgan fingerprint density at radius 2 is 1.79 bits per heavy atom. The first-order valence-electron chi connectivity index (χ1n) is 14.9. The minimum atomic E-state index is -5.42. The molecule has 1 N–H and O–H groups in total. The highest BCUT2D eigenvalue weighted by molar-refractivity contribution is 6.12. The van der Waals surface area contributed by atoms with E-state index in [-0.39, 0.29) is 34.9 Å². The minimum absolute atomic E-state index is 0.0413. The maximum absolute atomic E-state index is 16.2. The van der Waals surface area contributed by atoms with Gasteiger partial charge >= 0.3 is 6.30 Å². The topological polar surface area (TPSA) is 112 Å². The van der Waals surface area contributed by atoms with Gasteiger partial charge in [-0.25, -0.2) is 18.7 Å². The number of hydrogen-bond acceptors (Lipinski definition) is 7. The first-order chi connectivity index (χ1) is 22.6. The molecule has 1 aromatic carbocycles. The van der Waals surface area contributed by atoms with Crippen molar-refractivity contribution >= 4 is 34.2 Å². The third-order valence-electron chi connectivity index (χ3n) is 8.67. The molecule has 2 aliphatic rings. The van der Waals surface area contributed by atoms with Crippen LogP contribution in [-0.2, 0) is 9.59 Å². The fourth-order valence-electron chi connectivity index (χ4n) is 6.53. The Hall–Kier alpha value is -5.34. The Balaban J connectivity index is 1.81. The number of piperazine rings is 1. The Morgan fingerprint density at radius 1 is 1.08 bits per heavy atom. The van der Waals surface area contributed by atoms with Gasteiger partial charge in [-0.05, 0) is 55.7 Å². The summed E-state index contributed by atoms with van der Waals surface area (Å²) in [7, 11) is 0. The average Bonchev–Trinajstić information content (AvgIpc) is 3.01. The second-order valence-electron chi connectivity index (χ2n) is 12.0. The fourth-order valence-corrected chi connectivity index (χ4v) is 6.53. The minimum Gasteiger partial charge on any atom is -0.507 e. The number of hydrogen-bond donors (Lipinski definition) is 1. The lowest BCUT2D eigenvalue weighted by Crippen LogP contribution is -2.68. The van der Waals surface area contributed by atoms with Crippen molar-refractivity contribution in [1.82, 2.24) is 19.4 Å². The van der Waals surface area contributed by atoms with Crippen molar-refractivity contribution in [3.05, 3.63) is 82.4 Å². The van der Waals surface area contributed by atoms with Gasteiger partial charge in [-0.15, -0.1) is 13.2 Å². The highest BCUT2D eigenvalue weighted by Crippen LogP contribution is 2.46. The zero-order chi connectivity index (χ0) is 35.0. The maximum atomic E-state index is 16.2. The number of halogens is 5. The molecule has 1 saturated heterocycles. The average molecular weight is 669 g/mol. The van der Waals surface area contributed by atoms with Crippen LogP contribution in [0.25, 0.3) is 28.0 Å². The molecule has 2 aliphatic heterocycles. The van der Waals surface area contributed by atoms with Gasteiger partial charge in [-0.2, -0.15) is 0 Å². The third kappa shape index (κ3) is 4.86. The van der Waals surface area contributed by atoms with Gasteiger partial charge in [-0.1, -0.05) is 26.5 Å². The zero-order valence-corrected chi connectivity index (χ0v) is 26.1. The summed E-state index contributed by atoms with van der Waals surface area (Å²) in [6, 6.07) is 3.29. The molecule has 3 aromatic heterocycles. The van der Waals surface area contributed by atoms with Crippen molar-refractivity contribution in [2.75, 3.05) is 22.9 Å². The first kappa shape index (κ1) is 32.6. The number of nitrogens with zero attached hydrogens (tertiary/aromatic N) is 6. The number of carbonyl (C=O) groups excluding carboxylic acids is 2. The molecule has 15 heteroatoms. The SMILES string of the molecule is C=CC(=O)N1CC2C(=O)N(C(F)(F)F)c3c(c4cc(F)c(-c5c(O)cccc5F)nc4n(-c4c(C)ccnc4C(C)C)c3=O)N2CC1C. The number of carbonyl (C=O) groups is 2. The van der Waals surface area contributed by atoms with Crippen molar-refractivity contribution in [3.8, 4) is 22.7 Å². The van der Waals surface area contributed by atoms with Crippen LogP contribution in [0.3, 0.4) is 0 Å². The van der Waals surface area contributed by atoms with E-state index in [1.165, 1.54) is 28.1 Å². The number of alkyl halides is 3. The summed E-state index contributed by atoms with van der Waals surface area (Å²) in [5, 5.41) is 10.2. The smallest absolute Gasteiger partial charge is 0.491 e. The molecule has 2 amide bonds. The second-order valence-corrected chi connectivity index (χ2v) is 12.0. The van der Waals surface area contributed by atoms with Gasteiger partial charge in [0.2, 0.25) is 5.91 Å². The molecule has 0 spiro atoms. The highest BCUT2D eigenvalue weighted by Gasteiger charge is 2.55. The molecule has 0 bridgehead atoms. The van der Waals surface area contributed by atoms with E-state index in [1.807, 2.05) is 0 Å². The van der Waals surface area contributed by atoms with Gasteiger partial charge in [0.25, 0.3) is 11.5 Å². The quantitative estimate of drug-likeness (QED) is 0.178. The number of rotatable bonds is 4. The largest absolute Gasteiger partial charge is 0.507 e. The molecule has 2 unspecified atom stereocenters. The molecule has 1 fully saturated rings. The fraction of sp³-hybridized carbons (Fsp3) is 0.303. The van der Waals surface area contributed by atoms with E-state index in [2.05, 4.69) is 16.5 Å². The zero-order valence-electron chi connectivity index (χ0n) is 26.1. The number of anilines is 2. The van der Waals surface area contributed by atoms with Crippen LogP contribution in [0.15, 0.2) is 54.0 Å². The molecule has 0 aliphatic carbocycles. The number of phenolic OH excluding ortho intramolecular Hbond substituents is 1. The maximum Gasteiger partial charge on any atom is 0.491 e. The first-order valence-corrected chi connectivity index (χ1v) is 14.9. The molecule has 2 atom stereocenters. The lowest BCUT2D eigenvalue weighted by Gasteiger charge is -2.50. The molecular weight excluding hydrogens is 639 g/mol. The summed E-state index contributed by atoms with van der Waals surface area (Å²) < 4.78 is 76.9. The number of aryl methyl sites for hydroxylation is 1. The normalized spacial score (nSPS) is 18.0. The number of phenols is 1. The van der Waals surface area contributed by atoms with Gasteiger partial charge in [0.1, 0.15) is 29.0 Å². The molecule has 0 radical (unpaired) electrons. The van der Waals surface area contributed by atoms with E-state index in [9.17, 15) is 32.7 Å². The van der Waals surface area contributed by atoms with E-state index in [0.717, 1.165) is 28.8 Å². The lowest BCUT2D eigenvalue weighted by atomic mass is 9.97. The number of pyridine rings is 3. The van der Waals surface area contributed by atoms with E-state index < -0.39 is 87.2 Å². The van der Waals surface area contributed by atoms with E-state index in [4.69, 9.17) is 0 Å². The summed E-state index contributed by atoms with van der Waals surface area (Å²) in [5.41, 5.74) is -3.84. The monoisotopic (exact) mass is 668 g/mol. The van der Waals surface area contributed by atoms with Gasteiger partial charge in [0, 0.05) is 24.2 Å². The van der Waals surface area contributed by atoms with E-state index in [1.54, 1.807) is 27.7 Å². The summed E-state index contributed by atoms with van der Waals surface area (Å²) >= 11 is 0.